The van der Waals surface area contributed by atoms with Crippen molar-refractivity contribution in [3.63, 3.8) is 0 Å². The van der Waals surface area contributed by atoms with Gasteiger partial charge in [-0.15, -0.1) is 24.9 Å². The van der Waals surface area contributed by atoms with E-state index in [2.05, 4.69) is 13.2 Å². The number of likely N-dealkylation sites (N-methyl/N-ethyl adjacent to an activating group) is 1. The largest absolute Gasteiger partial charge is 0.395 e. The molecule has 2 unspecified atom stereocenters. The van der Waals surface area contributed by atoms with Crippen LogP contribution in [0.5, 0.6) is 0 Å². The Labute approximate surface area is 209 Å². The molecule has 1 aromatic carbocycles. The molecule has 182 valence electrons. The number of aliphatic hydroxyl groups is 1. The molecular formula is C25H30ClN3O4S. The topological polar surface area (TPSA) is 81.2 Å². The normalized spacial score (nSPS) is 29.1. The third-order valence-electron chi connectivity index (χ3n) is 7.16. The van der Waals surface area contributed by atoms with Crippen LogP contribution < -0.4 is 4.90 Å². The van der Waals surface area contributed by atoms with Crippen molar-refractivity contribution in [1.29, 1.82) is 0 Å². The Morgan fingerprint density at radius 3 is 2.53 bits per heavy atom. The molecule has 0 saturated carbocycles. The van der Waals surface area contributed by atoms with Crippen molar-refractivity contribution >= 4 is 46.8 Å². The summed E-state index contributed by atoms with van der Waals surface area (Å²) in [6, 6.07) is 6.19. The van der Waals surface area contributed by atoms with Gasteiger partial charge in [-0.2, -0.15) is 0 Å². The van der Waals surface area contributed by atoms with Crippen LogP contribution in [-0.4, -0.2) is 82.0 Å². The van der Waals surface area contributed by atoms with Crippen LogP contribution in [0.25, 0.3) is 0 Å². The van der Waals surface area contributed by atoms with Crippen LogP contribution in [0.15, 0.2) is 49.6 Å². The van der Waals surface area contributed by atoms with Crippen LogP contribution in [0.3, 0.4) is 0 Å². The van der Waals surface area contributed by atoms with Crippen LogP contribution in [0.2, 0.25) is 5.02 Å². The summed E-state index contributed by atoms with van der Waals surface area (Å²) in [5.74, 6) is -1.62. The zero-order valence-electron chi connectivity index (χ0n) is 19.2. The Hall–Kier alpha value is -2.29. The van der Waals surface area contributed by atoms with E-state index in [9.17, 15) is 19.5 Å². The van der Waals surface area contributed by atoms with Crippen LogP contribution in [0, 0.1) is 11.8 Å². The van der Waals surface area contributed by atoms with E-state index in [0.717, 1.165) is 6.42 Å². The second kappa shape index (κ2) is 9.76. The minimum absolute atomic E-state index is 0.0105. The van der Waals surface area contributed by atoms with Gasteiger partial charge in [-0.1, -0.05) is 23.8 Å². The molecule has 1 spiro atoms. The molecule has 3 amide bonds. The van der Waals surface area contributed by atoms with Gasteiger partial charge in [-0.05, 0) is 37.1 Å². The number of likely N-dealkylation sites (tertiary alicyclic amines) is 1. The van der Waals surface area contributed by atoms with Gasteiger partial charge in [-0.3, -0.25) is 14.4 Å². The number of carbonyl (C=O) groups excluding carboxylic acids is 3. The first-order chi connectivity index (χ1) is 16.3. The minimum Gasteiger partial charge on any atom is -0.395 e. The van der Waals surface area contributed by atoms with Gasteiger partial charge in [0.05, 0.1) is 23.2 Å². The van der Waals surface area contributed by atoms with Crippen molar-refractivity contribution in [2.24, 2.45) is 11.8 Å². The fraction of sp³-hybridized carbons (Fsp3) is 0.480. The summed E-state index contributed by atoms with van der Waals surface area (Å²) < 4.78 is -0.699. The number of hydrogen-bond acceptors (Lipinski definition) is 5. The van der Waals surface area contributed by atoms with E-state index in [1.165, 1.54) is 4.90 Å². The van der Waals surface area contributed by atoms with E-state index in [1.54, 1.807) is 65.0 Å². The first kappa shape index (κ1) is 24.8. The van der Waals surface area contributed by atoms with Gasteiger partial charge in [0.2, 0.25) is 11.8 Å². The van der Waals surface area contributed by atoms with E-state index in [-0.39, 0.29) is 42.7 Å². The fourth-order valence-corrected chi connectivity index (χ4v) is 8.15. The Morgan fingerprint density at radius 2 is 1.91 bits per heavy atom. The van der Waals surface area contributed by atoms with Gasteiger partial charge >= 0.3 is 0 Å². The lowest BCUT2D eigenvalue weighted by Gasteiger charge is -2.37. The summed E-state index contributed by atoms with van der Waals surface area (Å²) in [7, 11) is 1.72. The van der Waals surface area contributed by atoms with Crippen molar-refractivity contribution in [2.75, 3.05) is 38.2 Å². The van der Waals surface area contributed by atoms with E-state index in [1.807, 2.05) is 0 Å². The van der Waals surface area contributed by atoms with Crippen LogP contribution in [-0.2, 0) is 14.4 Å². The first-order valence-electron chi connectivity index (χ1n) is 11.4. The molecule has 4 rings (SSSR count). The maximum atomic E-state index is 14.1. The highest BCUT2D eigenvalue weighted by atomic mass is 35.5. The molecule has 3 aliphatic rings. The standard InChI is InChI=1S/C25H30ClN3O4S/c1-4-12-27(3)22(31)19-18-10-11-25(34-18)20(19)23(32)29(14-15-30)21(25)24(33)28(13-5-2)17-8-6-16(26)7-9-17/h4-9,18-21,30H,1-2,10-15H2,3H3/t18-,19+,20-,21?,25?/m0/s1. The number of thioether (sulfide) groups is 1. The average molecular weight is 504 g/mol. The number of hydrogen-bond donors (Lipinski definition) is 1. The number of aliphatic hydroxyl groups excluding tert-OH is 1. The minimum atomic E-state index is -0.773. The second-order valence-corrected chi connectivity index (χ2v) is 11.1. The molecule has 0 radical (unpaired) electrons. The van der Waals surface area contributed by atoms with Crippen molar-refractivity contribution < 1.29 is 19.5 Å². The van der Waals surface area contributed by atoms with E-state index in [0.29, 0.717) is 23.7 Å². The fourth-order valence-electron chi connectivity index (χ4n) is 5.82. The lowest BCUT2D eigenvalue weighted by atomic mass is 9.70. The van der Waals surface area contributed by atoms with E-state index in [4.69, 9.17) is 11.6 Å². The van der Waals surface area contributed by atoms with E-state index < -0.39 is 22.6 Å². The molecular weight excluding hydrogens is 474 g/mol. The molecule has 2 bridgehead atoms. The number of rotatable bonds is 9. The SMILES string of the molecule is C=CCN(C)C(=O)[C@@H]1[C@@H]2CCC3(S2)C(C(=O)N(CC=C)c2ccc(Cl)cc2)N(CCO)C(=O)[C@H]13. The van der Waals surface area contributed by atoms with Crippen molar-refractivity contribution in [3.8, 4) is 0 Å². The zero-order chi connectivity index (χ0) is 24.6. The van der Waals surface area contributed by atoms with Crippen molar-refractivity contribution in [1.82, 2.24) is 9.80 Å². The highest BCUT2D eigenvalue weighted by molar-refractivity contribution is 8.02. The number of anilines is 1. The predicted octanol–water partition coefficient (Wildman–Crippen LogP) is 2.59. The summed E-state index contributed by atoms with van der Waals surface area (Å²) in [5.41, 5.74) is 0.654. The third-order valence-corrected chi connectivity index (χ3v) is 9.36. The van der Waals surface area contributed by atoms with Crippen LogP contribution >= 0.6 is 23.4 Å². The van der Waals surface area contributed by atoms with Gasteiger partial charge in [0.1, 0.15) is 6.04 Å². The van der Waals surface area contributed by atoms with Gasteiger partial charge in [0, 0.05) is 42.6 Å². The van der Waals surface area contributed by atoms with Crippen molar-refractivity contribution in [2.45, 2.75) is 28.9 Å². The highest BCUT2D eigenvalue weighted by Gasteiger charge is 2.73. The Bertz CT molecular complexity index is 1000. The number of β-amino-alcohol motifs (C(OH)–C–C–N with tert-alkyl or cyclic N) is 1. The summed E-state index contributed by atoms with van der Waals surface area (Å²) in [6.45, 7) is 7.96. The predicted molar refractivity (Wildman–Crippen MR) is 135 cm³/mol. The van der Waals surface area contributed by atoms with Crippen LogP contribution in [0.1, 0.15) is 12.8 Å². The number of nitrogens with zero attached hydrogens (tertiary/aromatic N) is 3. The molecule has 3 aliphatic heterocycles. The Kier molecular flexibility index (Phi) is 7.12. The molecule has 5 atom stereocenters. The van der Waals surface area contributed by atoms with E-state index >= 15 is 0 Å². The molecule has 7 nitrogen and oxygen atoms in total. The summed E-state index contributed by atoms with van der Waals surface area (Å²) in [6.07, 6.45) is 4.75. The Morgan fingerprint density at radius 1 is 1.24 bits per heavy atom. The monoisotopic (exact) mass is 503 g/mol. The number of benzene rings is 1. The molecule has 0 aliphatic carbocycles. The summed E-state index contributed by atoms with van der Waals surface area (Å²) in [5, 5.41) is 10.3. The van der Waals surface area contributed by atoms with Crippen molar-refractivity contribution in [3.05, 3.63) is 54.6 Å². The molecule has 3 saturated heterocycles. The number of carbonyl (C=O) groups is 3. The number of fused-ring (bicyclic) bond motifs is 1. The van der Waals surface area contributed by atoms with Gasteiger partial charge in [-0.25, -0.2) is 0 Å². The molecule has 3 heterocycles. The lowest BCUT2D eigenvalue weighted by Crippen LogP contribution is -2.55. The maximum Gasteiger partial charge on any atom is 0.251 e. The quantitative estimate of drug-likeness (QED) is 0.524. The van der Waals surface area contributed by atoms with Gasteiger partial charge in [0.25, 0.3) is 5.91 Å². The van der Waals surface area contributed by atoms with Gasteiger partial charge < -0.3 is 19.8 Å². The van der Waals surface area contributed by atoms with Gasteiger partial charge in [0.15, 0.2) is 0 Å². The Balaban J connectivity index is 1.74. The second-order valence-electron chi connectivity index (χ2n) is 9.03. The van der Waals surface area contributed by atoms with Crippen LogP contribution in [0.4, 0.5) is 5.69 Å². The smallest absolute Gasteiger partial charge is 0.251 e. The molecule has 1 aromatic rings. The molecule has 9 heteroatoms. The molecule has 1 N–H and O–H groups in total. The third kappa shape index (κ3) is 3.85. The highest BCUT2D eigenvalue weighted by Crippen LogP contribution is 2.66. The molecule has 34 heavy (non-hydrogen) atoms. The lowest BCUT2D eigenvalue weighted by molar-refractivity contribution is -0.143. The average Bonchev–Trinajstić information content (AvgIpc) is 3.45. The summed E-state index contributed by atoms with van der Waals surface area (Å²) >= 11 is 7.66. The number of halogens is 1. The first-order valence-corrected chi connectivity index (χ1v) is 12.7. The number of amides is 3. The zero-order valence-corrected chi connectivity index (χ0v) is 20.8. The molecule has 0 aromatic heterocycles. The maximum absolute atomic E-state index is 14.1. The molecule has 3 fully saturated rings. The summed E-state index contributed by atoms with van der Waals surface area (Å²) in [4.78, 5) is 45.9.